The normalized spacial score (nSPS) is 19.2. The SMILES string of the molecule is C[N+]1=C(/C=C/C=C/C=C2\N(CCCCCC(=O)NCCCCNC(=O)COc3cccc4c3CN(C3CCC(=O)NC3=O)C4=O)c3ccccc3C2(C)C)C(C)(C)c2ccccc21. The van der Waals surface area contributed by atoms with Crippen molar-refractivity contribution in [3.05, 3.63) is 125 Å². The number of hydrogen-bond donors (Lipinski definition) is 3. The Bertz CT molecular complexity index is 2390. The molecule has 3 N–H and O–H groups in total. The monoisotopic (exact) mass is 853 g/mol. The highest BCUT2D eigenvalue weighted by Gasteiger charge is 2.43. The Hall–Kier alpha value is -6.30. The van der Waals surface area contributed by atoms with Gasteiger partial charge in [0.1, 0.15) is 18.8 Å². The molecule has 12 nitrogen and oxygen atoms in total. The number of benzene rings is 3. The van der Waals surface area contributed by atoms with Crippen molar-refractivity contribution in [3.8, 4) is 5.75 Å². The van der Waals surface area contributed by atoms with Crippen molar-refractivity contribution in [1.29, 1.82) is 0 Å². The molecule has 0 saturated carbocycles. The molecule has 1 atom stereocenters. The fourth-order valence-corrected chi connectivity index (χ4v) is 9.45. The molecular weight excluding hydrogens is 793 g/mol. The molecule has 1 saturated heterocycles. The molecule has 5 amide bonds. The van der Waals surface area contributed by atoms with E-state index in [1.165, 1.54) is 38.8 Å². The second kappa shape index (κ2) is 19.4. The molecule has 12 heteroatoms. The van der Waals surface area contributed by atoms with Gasteiger partial charge < -0.3 is 25.2 Å². The molecule has 0 radical (unpaired) electrons. The lowest BCUT2D eigenvalue weighted by Gasteiger charge is -2.29. The van der Waals surface area contributed by atoms with Crippen LogP contribution in [0.15, 0.2) is 103 Å². The van der Waals surface area contributed by atoms with Crippen LogP contribution in [-0.2, 0) is 36.6 Å². The minimum atomic E-state index is -0.725. The Kier molecular flexibility index (Phi) is 13.8. The lowest BCUT2D eigenvalue weighted by molar-refractivity contribution is -0.401. The molecule has 1 unspecified atom stereocenters. The maximum atomic E-state index is 13.1. The largest absolute Gasteiger partial charge is 0.483 e. The fourth-order valence-electron chi connectivity index (χ4n) is 9.45. The summed E-state index contributed by atoms with van der Waals surface area (Å²) in [7, 11) is 2.14. The maximum Gasteiger partial charge on any atom is 0.257 e. The Labute approximate surface area is 371 Å². The number of amides is 5. The number of piperidine rings is 1. The van der Waals surface area contributed by atoms with Crippen LogP contribution in [0.2, 0.25) is 0 Å². The first-order chi connectivity index (χ1) is 30.3. The van der Waals surface area contributed by atoms with Crippen LogP contribution in [0.25, 0.3) is 0 Å². The van der Waals surface area contributed by atoms with Crippen molar-refractivity contribution in [2.24, 2.45) is 0 Å². The Morgan fingerprint density at radius 1 is 0.825 bits per heavy atom. The zero-order valence-corrected chi connectivity index (χ0v) is 37.3. The number of anilines is 1. The van der Waals surface area contributed by atoms with E-state index in [-0.39, 0.29) is 60.5 Å². The van der Waals surface area contributed by atoms with E-state index in [0.717, 1.165) is 32.2 Å². The topological polar surface area (TPSA) is 140 Å². The van der Waals surface area contributed by atoms with Crippen LogP contribution in [0.5, 0.6) is 5.75 Å². The van der Waals surface area contributed by atoms with Gasteiger partial charge in [0.25, 0.3) is 11.8 Å². The smallest absolute Gasteiger partial charge is 0.257 e. The highest BCUT2D eigenvalue weighted by molar-refractivity contribution is 6.06. The number of unbranched alkanes of at least 4 members (excludes halogenated alkanes) is 3. The summed E-state index contributed by atoms with van der Waals surface area (Å²) >= 11 is 0. The number of carbonyl (C=O) groups is 5. The van der Waals surface area contributed by atoms with Gasteiger partial charge in [0.05, 0.1) is 12.0 Å². The van der Waals surface area contributed by atoms with E-state index in [9.17, 15) is 24.0 Å². The van der Waals surface area contributed by atoms with Gasteiger partial charge in [-0.05, 0) is 75.8 Å². The van der Waals surface area contributed by atoms with Gasteiger partial charge in [0.15, 0.2) is 12.3 Å². The summed E-state index contributed by atoms with van der Waals surface area (Å²) in [6, 6.07) is 21.6. The average molecular weight is 854 g/mol. The number of imide groups is 1. The molecule has 4 aliphatic rings. The van der Waals surface area contributed by atoms with E-state index in [2.05, 4.69) is 139 Å². The van der Waals surface area contributed by atoms with E-state index in [1.807, 2.05) is 0 Å². The third-order valence-electron chi connectivity index (χ3n) is 12.9. The van der Waals surface area contributed by atoms with Gasteiger partial charge in [-0.25, -0.2) is 0 Å². The van der Waals surface area contributed by atoms with Gasteiger partial charge in [0, 0.05) is 78.1 Å². The van der Waals surface area contributed by atoms with E-state index in [0.29, 0.717) is 42.8 Å². The molecule has 0 bridgehead atoms. The first-order valence-corrected chi connectivity index (χ1v) is 22.3. The van der Waals surface area contributed by atoms with Gasteiger partial charge in [-0.2, -0.15) is 4.58 Å². The minimum absolute atomic E-state index is 0.0399. The van der Waals surface area contributed by atoms with Crippen LogP contribution >= 0.6 is 0 Å². The number of carbonyl (C=O) groups excluding carboxylic acids is 5. The van der Waals surface area contributed by atoms with Crippen molar-refractivity contribution in [1.82, 2.24) is 20.9 Å². The first kappa shape index (κ1) is 44.7. The lowest BCUT2D eigenvalue weighted by Crippen LogP contribution is -2.52. The number of ether oxygens (including phenoxy) is 1. The first-order valence-electron chi connectivity index (χ1n) is 22.3. The molecule has 63 heavy (non-hydrogen) atoms. The van der Waals surface area contributed by atoms with Gasteiger partial charge in [0.2, 0.25) is 23.4 Å². The van der Waals surface area contributed by atoms with Crippen LogP contribution in [0.1, 0.15) is 106 Å². The highest BCUT2D eigenvalue weighted by Crippen LogP contribution is 2.47. The van der Waals surface area contributed by atoms with E-state index >= 15 is 0 Å². The van der Waals surface area contributed by atoms with Crippen LogP contribution in [0, 0.1) is 0 Å². The predicted octanol–water partition coefficient (Wildman–Crippen LogP) is 6.90. The van der Waals surface area contributed by atoms with Gasteiger partial charge >= 0.3 is 0 Å². The molecule has 4 heterocycles. The second-order valence-corrected chi connectivity index (χ2v) is 17.9. The Morgan fingerprint density at radius 2 is 1.56 bits per heavy atom. The quantitative estimate of drug-likeness (QED) is 0.0548. The second-order valence-electron chi connectivity index (χ2n) is 17.9. The molecule has 0 aliphatic carbocycles. The van der Waals surface area contributed by atoms with Crippen molar-refractivity contribution in [2.45, 2.75) is 102 Å². The number of hydrogen-bond acceptors (Lipinski definition) is 7. The summed E-state index contributed by atoms with van der Waals surface area (Å²) in [5.74, 6) is -0.958. The molecule has 3 aromatic rings. The molecule has 3 aromatic carbocycles. The molecule has 4 aliphatic heterocycles. The van der Waals surface area contributed by atoms with Gasteiger partial charge in [-0.3, -0.25) is 29.3 Å². The summed E-state index contributed by atoms with van der Waals surface area (Å²) in [6.07, 6.45) is 16.0. The Morgan fingerprint density at radius 3 is 2.32 bits per heavy atom. The summed E-state index contributed by atoms with van der Waals surface area (Å²) < 4.78 is 8.09. The van der Waals surface area contributed by atoms with E-state index < -0.39 is 11.9 Å². The number of allylic oxidation sites excluding steroid dienone is 6. The molecule has 330 valence electrons. The lowest BCUT2D eigenvalue weighted by atomic mass is 9.81. The molecule has 7 rings (SSSR count). The summed E-state index contributed by atoms with van der Waals surface area (Å²) in [6.45, 7) is 10.9. The predicted molar refractivity (Wildman–Crippen MR) is 245 cm³/mol. The fraction of sp³-hybridized carbons (Fsp3) is 0.412. The highest BCUT2D eigenvalue weighted by atomic mass is 16.5. The zero-order valence-electron chi connectivity index (χ0n) is 37.3. The summed E-state index contributed by atoms with van der Waals surface area (Å²) in [5, 5.41) is 8.17. The molecule has 0 aromatic heterocycles. The molecule has 0 spiro atoms. The number of nitrogens with zero attached hydrogens (tertiary/aromatic N) is 3. The van der Waals surface area contributed by atoms with Gasteiger partial charge in [-0.1, -0.05) is 81.0 Å². The van der Waals surface area contributed by atoms with E-state index in [4.69, 9.17) is 4.74 Å². The van der Waals surface area contributed by atoms with Crippen molar-refractivity contribution in [3.63, 3.8) is 0 Å². The third-order valence-corrected chi connectivity index (χ3v) is 12.9. The molecular formula is C51H61N6O6+. The van der Waals surface area contributed by atoms with E-state index in [1.54, 1.807) is 18.2 Å². The number of nitrogens with one attached hydrogen (secondary N) is 3. The van der Waals surface area contributed by atoms with Crippen LogP contribution < -0.4 is 25.6 Å². The maximum absolute atomic E-state index is 13.1. The zero-order chi connectivity index (χ0) is 44.7. The van der Waals surface area contributed by atoms with Gasteiger partial charge in [-0.15, -0.1) is 0 Å². The number of para-hydroxylation sites is 2. The Balaban J connectivity index is 0.792. The molecule has 1 fully saturated rings. The summed E-state index contributed by atoms with van der Waals surface area (Å²) in [5.41, 5.74) is 8.56. The van der Waals surface area contributed by atoms with Crippen LogP contribution in [0.3, 0.4) is 0 Å². The summed E-state index contributed by atoms with van der Waals surface area (Å²) in [4.78, 5) is 66.1. The van der Waals surface area contributed by atoms with Crippen LogP contribution in [0.4, 0.5) is 11.4 Å². The third kappa shape index (κ3) is 9.70. The van der Waals surface area contributed by atoms with Crippen molar-refractivity contribution >= 4 is 46.6 Å². The van der Waals surface area contributed by atoms with Crippen molar-refractivity contribution in [2.75, 3.05) is 38.2 Å². The number of fused-ring (bicyclic) bond motifs is 3. The van der Waals surface area contributed by atoms with Crippen LogP contribution in [-0.4, -0.2) is 84.1 Å². The number of rotatable bonds is 18. The minimum Gasteiger partial charge on any atom is -0.483 e. The average Bonchev–Trinajstić information content (AvgIpc) is 3.78. The standard InChI is InChI=1S/C51H60N6O6/c1-50(2)37-20-11-13-22-39(37)55(5)43(50)25-8-6-9-26-44-51(3,4)38-21-12-14-23-40(38)56(44)32-17-7-10-27-45(58)52-30-15-16-31-53-47(60)34-63-42-24-18-19-35-36(42)33-57(49(35)62)41-28-29-46(59)54-48(41)61/h6,8-9,11-14,18-26,41H,7,10,15-17,27-34H2,1-5H3,(H2-,52,53,54,58,59,60,61)/p+1. The van der Waals surface area contributed by atoms with Crippen molar-refractivity contribution < 1.29 is 33.3 Å².